The standard InChI is InChI=1S/C5H11ClO3S/c1-3-9-5(2)4-10(6,7)8/h5H,3-4H2,1-2H3. The van der Waals surface area contributed by atoms with Gasteiger partial charge in [0.1, 0.15) is 0 Å². The van der Waals surface area contributed by atoms with E-state index >= 15 is 0 Å². The van der Waals surface area contributed by atoms with E-state index < -0.39 is 9.05 Å². The second-order valence-corrected chi connectivity index (χ2v) is 4.79. The van der Waals surface area contributed by atoms with Crippen molar-refractivity contribution in [3.63, 3.8) is 0 Å². The van der Waals surface area contributed by atoms with E-state index in [2.05, 4.69) is 0 Å². The summed E-state index contributed by atoms with van der Waals surface area (Å²) < 4.78 is 25.8. The first kappa shape index (κ1) is 10.2. The number of rotatable bonds is 4. The maximum atomic E-state index is 10.4. The van der Waals surface area contributed by atoms with E-state index in [-0.39, 0.29) is 11.9 Å². The first-order valence-corrected chi connectivity index (χ1v) is 5.47. The van der Waals surface area contributed by atoms with Crippen molar-refractivity contribution in [2.24, 2.45) is 0 Å². The van der Waals surface area contributed by atoms with E-state index in [0.29, 0.717) is 6.61 Å². The molecule has 0 aromatic heterocycles. The summed E-state index contributed by atoms with van der Waals surface area (Å²) in [5, 5.41) is 0. The highest BCUT2D eigenvalue weighted by molar-refractivity contribution is 8.13. The molecule has 0 fully saturated rings. The zero-order chi connectivity index (χ0) is 8.20. The van der Waals surface area contributed by atoms with Crippen LogP contribution in [0.5, 0.6) is 0 Å². The van der Waals surface area contributed by atoms with E-state index in [1.54, 1.807) is 13.8 Å². The van der Waals surface area contributed by atoms with Gasteiger partial charge < -0.3 is 4.74 Å². The normalized spacial score (nSPS) is 15.1. The molecule has 5 heteroatoms. The molecule has 0 rings (SSSR count). The lowest BCUT2D eigenvalue weighted by Crippen LogP contribution is -2.17. The molecule has 62 valence electrons. The Labute approximate surface area is 65.7 Å². The molecule has 0 aliphatic heterocycles. The van der Waals surface area contributed by atoms with Gasteiger partial charge in [0.2, 0.25) is 9.05 Å². The van der Waals surface area contributed by atoms with Crippen LogP contribution < -0.4 is 0 Å². The van der Waals surface area contributed by atoms with Crippen LogP contribution in [-0.2, 0) is 13.8 Å². The van der Waals surface area contributed by atoms with Crippen LogP contribution in [0.15, 0.2) is 0 Å². The van der Waals surface area contributed by atoms with E-state index in [0.717, 1.165) is 0 Å². The second-order valence-electron chi connectivity index (χ2n) is 1.97. The molecule has 0 amide bonds. The number of halogens is 1. The fraction of sp³-hybridized carbons (Fsp3) is 1.00. The van der Waals surface area contributed by atoms with Crippen molar-refractivity contribution in [1.82, 2.24) is 0 Å². The molecule has 0 aliphatic rings. The summed E-state index contributed by atoms with van der Waals surface area (Å²) in [5.41, 5.74) is 0. The Morgan fingerprint density at radius 1 is 1.60 bits per heavy atom. The monoisotopic (exact) mass is 186 g/mol. The first-order chi connectivity index (χ1) is 4.45. The lowest BCUT2D eigenvalue weighted by atomic mass is 10.5. The molecule has 0 aromatic carbocycles. The van der Waals surface area contributed by atoms with Crippen molar-refractivity contribution in [3.8, 4) is 0 Å². The average Bonchev–Trinajstić information content (AvgIpc) is 1.59. The number of hydrogen-bond donors (Lipinski definition) is 0. The molecule has 0 aliphatic carbocycles. The molecule has 1 atom stereocenters. The molecular formula is C5H11ClO3S. The lowest BCUT2D eigenvalue weighted by molar-refractivity contribution is 0.0922. The van der Waals surface area contributed by atoms with Gasteiger partial charge in [-0.25, -0.2) is 8.42 Å². The Hall–Kier alpha value is 0.200. The van der Waals surface area contributed by atoms with Crippen LogP contribution in [-0.4, -0.2) is 26.9 Å². The molecule has 10 heavy (non-hydrogen) atoms. The zero-order valence-electron chi connectivity index (χ0n) is 6.00. The maximum Gasteiger partial charge on any atom is 0.235 e. The number of hydrogen-bond acceptors (Lipinski definition) is 3. The van der Waals surface area contributed by atoms with Crippen LogP contribution in [0, 0.1) is 0 Å². The van der Waals surface area contributed by atoms with E-state index in [9.17, 15) is 8.42 Å². The highest BCUT2D eigenvalue weighted by atomic mass is 35.7. The Bertz CT molecular complexity index is 175. The molecule has 0 saturated carbocycles. The second kappa shape index (κ2) is 4.16. The predicted molar refractivity (Wildman–Crippen MR) is 40.7 cm³/mol. The van der Waals surface area contributed by atoms with Crippen LogP contribution in [0.4, 0.5) is 0 Å². The van der Waals surface area contributed by atoms with Gasteiger partial charge in [0.15, 0.2) is 0 Å². The van der Waals surface area contributed by atoms with Crippen molar-refractivity contribution in [2.75, 3.05) is 12.4 Å². The summed E-state index contributed by atoms with van der Waals surface area (Å²) in [7, 11) is 1.56. The van der Waals surface area contributed by atoms with Crippen molar-refractivity contribution in [1.29, 1.82) is 0 Å². The topological polar surface area (TPSA) is 43.4 Å². The van der Waals surface area contributed by atoms with Gasteiger partial charge in [0, 0.05) is 17.3 Å². The predicted octanol–water partition coefficient (Wildman–Crippen LogP) is 0.980. The van der Waals surface area contributed by atoms with Crippen LogP contribution in [0.2, 0.25) is 0 Å². The van der Waals surface area contributed by atoms with Crippen LogP contribution in [0.1, 0.15) is 13.8 Å². The van der Waals surface area contributed by atoms with Gasteiger partial charge in [-0.05, 0) is 13.8 Å². The SMILES string of the molecule is CCOC(C)CS(=O)(=O)Cl. The molecule has 3 nitrogen and oxygen atoms in total. The lowest BCUT2D eigenvalue weighted by Gasteiger charge is -2.07. The Balaban J connectivity index is 3.69. The summed E-state index contributed by atoms with van der Waals surface area (Å²) in [6, 6.07) is 0. The minimum absolute atomic E-state index is 0.123. The molecular weight excluding hydrogens is 176 g/mol. The molecule has 0 bridgehead atoms. The molecule has 0 saturated heterocycles. The molecule has 0 spiro atoms. The van der Waals surface area contributed by atoms with Crippen LogP contribution >= 0.6 is 10.7 Å². The third-order valence-electron chi connectivity index (χ3n) is 0.885. The molecule has 0 aromatic rings. The van der Waals surface area contributed by atoms with E-state index in [1.807, 2.05) is 0 Å². The van der Waals surface area contributed by atoms with Crippen molar-refractivity contribution < 1.29 is 13.2 Å². The zero-order valence-corrected chi connectivity index (χ0v) is 7.57. The summed E-state index contributed by atoms with van der Waals surface area (Å²) >= 11 is 0. The molecule has 0 heterocycles. The molecule has 1 unspecified atom stereocenters. The van der Waals surface area contributed by atoms with Gasteiger partial charge in [-0.1, -0.05) is 0 Å². The van der Waals surface area contributed by atoms with Crippen molar-refractivity contribution in [3.05, 3.63) is 0 Å². The highest BCUT2D eigenvalue weighted by Gasteiger charge is 2.11. The number of ether oxygens (including phenoxy) is 1. The van der Waals surface area contributed by atoms with E-state index in [1.165, 1.54) is 0 Å². The van der Waals surface area contributed by atoms with Gasteiger partial charge in [-0.2, -0.15) is 0 Å². The Kier molecular flexibility index (Phi) is 4.24. The molecule has 0 N–H and O–H groups in total. The average molecular weight is 187 g/mol. The van der Waals surface area contributed by atoms with Crippen molar-refractivity contribution in [2.45, 2.75) is 20.0 Å². The minimum Gasteiger partial charge on any atom is -0.378 e. The van der Waals surface area contributed by atoms with Gasteiger partial charge in [-0.15, -0.1) is 0 Å². The first-order valence-electron chi connectivity index (χ1n) is 2.99. The Morgan fingerprint density at radius 2 is 2.10 bits per heavy atom. The fourth-order valence-corrected chi connectivity index (χ4v) is 1.80. The van der Waals surface area contributed by atoms with Crippen molar-refractivity contribution >= 4 is 19.7 Å². The van der Waals surface area contributed by atoms with Gasteiger partial charge >= 0.3 is 0 Å². The van der Waals surface area contributed by atoms with Crippen LogP contribution in [0.25, 0.3) is 0 Å². The Morgan fingerprint density at radius 3 is 2.40 bits per heavy atom. The third kappa shape index (κ3) is 6.32. The van der Waals surface area contributed by atoms with Gasteiger partial charge in [0.25, 0.3) is 0 Å². The smallest absolute Gasteiger partial charge is 0.235 e. The van der Waals surface area contributed by atoms with E-state index in [4.69, 9.17) is 15.4 Å². The maximum absolute atomic E-state index is 10.4. The summed E-state index contributed by atoms with van der Waals surface area (Å²) in [6.45, 7) is 3.98. The quantitative estimate of drug-likeness (QED) is 0.615. The summed E-state index contributed by atoms with van der Waals surface area (Å²) in [5.74, 6) is -0.123. The van der Waals surface area contributed by atoms with Crippen LogP contribution in [0.3, 0.4) is 0 Å². The molecule has 0 radical (unpaired) electrons. The third-order valence-corrected chi connectivity index (χ3v) is 2.13. The van der Waals surface area contributed by atoms with Gasteiger partial charge in [-0.3, -0.25) is 0 Å². The largest absolute Gasteiger partial charge is 0.378 e. The summed E-state index contributed by atoms with van der Waals surface area (Å²) in [6.07, 6.45) is -0.313. The minimum atomic E-state index is -3.40. The summed E-state index contributed by atoms with van der Waals surface area (Å²) in [4.78, 5) is 0. The van der Waals surface area contributed by atoms with Gasteiger partial charge in [0.05, 0.1) is 11.9 Å². The highest BCUT2D eigenvalue weighted by Crippen LogP contribution is 2.01. The fourth-order valence-electron chi connectivity index (χ4n) is 0.613.